The third kappa shape index (κ3) is 1.80. The van der Waals surface area contributed by atoms with Crippen molar-refractivity contribution in [1.82, 2.24) is 9.97 Å². The SMILES string of the molecule is Cc1cccc(-c2ccc3nccc(N)c3c2)n1. The van der Waals surface area contributed by atoms with Gasteiger partial charge in [0.05, 0.1) is 11.2 Å². The predicted octanol–water partition coefficient (Wildman–Crippen LogP) is 3.19. The molecule has 0 saturated carbocycles. The maximum Gasteiger partial charge on any atom is 0.0723 e. The fraction of sp³-hybridized carbons (Fsp3) is 0.0667. The number of aryl methyl sites for hydroxylation is 1. The topological polar surface area (TPSA) is 51.8 Å². The molecule has 2 heterocycles. The molecule has 0 bridgehead atoms. The molecule has 0 radical (unpaired) electrons. The summed E-state index contributed by atoms with van der Waals surface area (Å²) in [7, 11) is 0. The molecular weight excluding hydrogens is 222 g/mol. The van der Waals surface area contributed by atoms with E-state index in [-0.39, 0.29) is 0 Å². The number of hydrogen-bond donors (Lipinski definition) is 1. The van der Waals surface area contributed by atoms with E-state index in [9.17, 15) is 0 Å². The van der Waals surface area contributed by atoms with E-state index in [0.29, 0.717) is 0 Å². The Bertz CT molecular complexity index is 720. The lowest BCUT2D eigenvalue weighted by Gasteiger charge is -2.05. The first-order valence-corrected chi connectivity index (χ1v) is 5.82. The van der Waals surface area contributed by atoms with E-state index in [1.54, 1.807) is 6.20 Å². The van der Waals surface area contributed by atoms with Crippen molar-refractivity contribution in [1.29, 1.82) is 0 Å². The van der Waals surface area contributed by atoms with Crippen molar-refractivity contribution in [2.75, 3.05) is 5.73 Å². The first-order chi connectivity index (χ1) is 8.74. The van der Waals surface area contributed by atoms with Gasteiger partial charge in [-0.25, -0.2) is 0 Å². The number of hydrogen-bond acceptors (Lipinski definition) is 3. The molecule has 3 rings (SSSR count). The number of rotatable bonds is 1. The average Bonchev–Trinajstić information content (AvgIpc) is 2.39. The van der Waals surface area contributed by atoms with Gasteiger partial charge in [0.25, 0.3) is 0 Å². The van der Waals surface area contributed by atoms with Gasteiger partial charge in [0.1, 0.15) is 0 Å². The first-order valence-electron chi connectivity index (χ1n) is 5.82. The molecule has 1 aromatic carbocycles. The largest absolute Gasteiger partial charge is 0.398 e. The monoisotopic (exact) mass is 235 g/mol. The molecule has 2 N–H and O–H groups in total. The smallest absolute Gasteiger partial charge is 0.0723 e. The van der Waals surface area contributed by atoms with Gasteiger partial charge in [0, 0.05) is 28.5 Å². The summed E-state index contributed by atoms with van der Waals surface area (Å²) in [5.41, 5.74) is 10.7. The van der Waals surface area contributed by atoms with Gasteiger partial charge in [-0.15, -0.1) is 0 Å². The summed E-state index contributed by atoms with van der Waals surface area (Å²) in [6.07, 6.45) is 1.72. The highest BCUT2D eigenvalue weighted by molar-refractivity contribution is 5.92. The molecule has 3 heteroatoms. The third-order valence-corrected chi connectivity index (χ3v) is 2.96. The Labute approximate surface area is 105 Å². The van der Waals surface area contributed by atoms with E-state index >= 15 is 0 Å². The minimum atomic E-state index is 0.745. The van der Waals surface area contributed by atoms with E-state index in [2.05, 4.69) is 9.97 Å². The van der Waals surface area contributed by atoms with Gasteiger partial charge in [-0.1, -0.05) is 12.1 Å². The summed E-state index contributed by atoms with van der Waals surface area (Å²) in [6, 6.07) is 13.9. The molecule has 18 heavy (non-hydrogen) atoms. The minimum absolute atomic E-state index is 0.745. The van der Waals surface area contributed by atoms with E-state index in [4.69, 9.17) is 5.73 Å². The third-order valence-electron chi connectivity index (χ3n) is 2.96. The quantitative estimate of drug-likeness (QED) is 0.704. The second kappa shape index (κ2) is 4.11. The molecule has 0 atom stereocenters. The molecule has 0 aliphatic carbocycles. The summed E-state index contributed by atoms with van der Waals surface area (Å²) in [4.78, 5) is 8.81. The van der Waals surface area contributed by atoms with E-state index in [1.165, 1.54) is 0 Å². The van der Waals surface area contributed by atoms with Crippen molar-refractivity contribution >= 4 is 16.6 Å². The van der Waals surface area contributed by atoms with Crippen LogP contribution in [0.3, 0.4) is 0 Å². The molecule has 0 amide bonds. The van der Waals surface area contributed by atoms with Gasteiger partial charge in [0.2, 0.25) is 0 Å². The Morgan fingerprint density at radius 3 is 2.78 bits per heavy atom. The molecule has 3 nitrogen and oxygen atoms in total. The fourth-order valence-electron chi connectivity index (χ4n) is 2.03. The van der Waals surface area contributed by atoms with Gasteiger partial charge in [-0.3, -0.25) is 9.97 Å². The average molecular weight is 235 g/mol. The minimum Gasteiger partial charge on any atom is -0.398 e. The summed E-state index contributed by atoms with van der Waals surface area (Å²) < 4.78 is 0. The van der Waals surface area contributed by atoms with Crippen LogP contribution in [0.4, 0.5) is 5.69 Å². The van der Waals surface area contributed by atoms with E-state index in [1.807, 2.05) is 49.4 Å². The van der Waals surface area contributed by atoms with Crippen molar-refractivity contribution in [2.24, 2.45) is 0 Å². The van der Waals surface area contributed by atoms with Crippen LogP contribution in [-0.4, -0.2) is 9.97 Å². The summed E-state index contributed by atoms with van der Waals surface area (Å²) in [5.74, 6) is 0. The number of nitrogen functional groups attached to an aromatic ring is 1. The Balaban J connectivity index is 2.22. The summed E-state index contributed by atoms with van der Waals surface area (Å²) >= 11 is 0. The number of pyridine rings is 2. The van der Waals surface area contributed by atoms with Crippen molar-refractivity contribution in [3.8, 4) is 11.3 Å². The van der Waals surface area contributed by atoms with Crippen molar-refractivity contribution in [3.05, 3.63) is 54.4 Å². The Morgan fingerprint density at radius 1 is 1.06 bits per heavy atom. The lowest BCUT2D eigenvalue weighted by atomic mass is 10.1. The lowest BCUT2D eigenvalue weighted by molar-refractivity contribution is 1.21. The normalized spacial score (nSPS) is 10.7. The van der Waals surface area contributed by atoms with Gasteiger partial charge in [0.15, 0.2) is 0 Å². The van der Waals surface area contributed by atoms with Crippen LogP contribution in [0.15, 0.2) is 48.7 Å². The van der Waals surface area contributed by atoms with E-state index < -0.39 is 0 Å². The van der Waals surface area contributed by atoms with Crippen LogP contribution in [-0.2, 0) is 0 Å². The zero-order valence-corrected chi connectivity index (χ0v) is 10.1. The van der Waals surface area contributed by atoms with Crippen molar-refractivity contribution in [3.63, 3.8) is 0 Å². The van der Waals surface area contributed by atoms with Gasteiger partial charge < -0.3 is 5.73 Å². The molecular formula is C15H13N3. The molecule has 0 saturated heterocycles. The second-order valence-corrected chi connectivity index (χ2v) is 4.30. The van der Waals surface area contributed by atoms with Crippen LogP contribution < -0.4 is 5.73 Å². The van der Waals surface area contributed by atoms with Crippen molar-refractivity contribution < 1.29 is 0 Å². The van der Waals surface area contributed by atoms with Gasteiger partial charge in [-0.2, -0.15) is 0 Å². The zero-order chi connectivity index (χ0) is 12.5. The van der Waals surface area contributed by atoms with Crippen LogP contribution >= 0.6 is 0 Å². The molecule has 2 aromatic heterocycles. The number of anilines is 1. The number of nitrogens with two attached hydrogens (primary N) is 1. The first kappa shape index (κ1) is 10.7. The molecule has 0 fully saturated rings. The predicted molar refractivity (Wildman–Crippen MR) is 74.1 cm³/mol. The Morgan fingerprint density at radius 2 is 1.94 bits per heavy atom. The van der Waals surface area contributed by atoms with Gasteiger partial charge >= 0.3 is 0 Å². The highest BCUT2D eigenvalue weighted by atomic mass is 14.7. The number of benzene rings is 1. The second-order valence-electron chi connectivity index (χ2n) is 4.30. The highest BCUT2D eigenvalue weighted by Gasteiger charge is 2.03. The molecule has 3 aromatic rings. The lowest BCUT2D eigenvalue weighted by Crippen LogP contribution is -1.90. The standard InChI is InChI=1S/C15H13N3/c1-10-3-2-4-14(18-10)11-5-6-15-12(9-11)13(16)7-8-17-15/h2-9H,1H3,(H2,16,17). The van der Waals surface area contributed by atoms with Gasteiger partial charge in [-0.05, 0) is 37.3 Å². The highest BCUT2D eigenvalue weighted by Crippen LogP contribution is 2.25. The summed E-state index contributed by atoms with van der Waals surface area (Å²) in [5, 5.41) is 0.971. The zero-order valence-electron chi connectivity index (χ0n) is 10.1. The van der Waals surface area contributed by atoms with E-state index in [0.717, 1.165) is 33.5 Å². The summed E-state index contributed by atoms with van der Waals surface area (Å²) in [6.45, 7) is 1.99. The van der Waals surface area contributed by atoms with Crippen LogP contribution in [0.1, 0.15) is 5.69 Å². The number of fused-ring (bicyclic) bond motifs is 1. The van der Waals surface area contributed by atoms with Crippen molar-refractivity contribution in [2.45, 2.75) is 6.92 Å². The molecule has 88 valence electrons. The van der Waals surface area contributed by atoms with Crippen LogP contribution in [0, 0.1) is 6.92 Å². The molecule has 0 aliphatic heterocycles. The molecule has 0 unspecified atom stereocenters. The molecule has 0 aliphatic rings. The Hall–Kier alpha value is -2.42. The van der Waals surface area contributed by atoms with Crippen LogP contribution in [0.5, 0.6) is 0 Å². The fourth-order valence-corrected chi connectivity index (χ4v) is 2.03. The maximum absolute atomic E-state index is 5.97. The maximum atomic E-state index is 5.97. The van der Waals surface area contributed by atoms with Crippen LogP contribution in [0.2, 0.25) is 0 Å². The Kier molecular flexibility index (Phi) is 2.45. The number of nitrogens with zero attached hydrogens (tertiary/aromatic N) is 2. The van der Waals surface area contributed by atoms with Crippen LogP contribution in [0.25, 0.3) is 22.2 Å². The molecule has 0 spiro atoms. The number of aromatic nitrogens is 2.